The van der Waals surface area contributed by atoms with Crippen LogP contribution in [0.5, 0.6) is 5.75 Å². The van der Waals surface area contributed by atoms with Crippen molar-refractivity contribution >= 4 is 5.71 Å². The molecule has 1 aliphatic heterocycles. The van der Waals surface area contributed by atoms with Gasteiger partial charge in [0.1, 0.15) is 11.9 Å². The van der Waals surface area contributed by atoms with Crippen molar-refractivity contribution in [1.29, 1.82) is 5.41 Å². The molecule has 1 atom stereocenters. The second-order valence-electron chi connectivity index (χ2n) is 5.64. The highest BCUT2D eigenvalue weighted by Gasteiger charge is 2.33. The Morgan fingerprint density at radius 2 is 2.00 bits per heavy atom. The van der Waals surface area contributed by atoms with Gasteiger partial charge in [0.25, 0.3) is 0 Å². The van der Waals surface area contributed by atoms with E-state index in [0.29, 0.717) is 23.4 Å². The molecule has 1 N–H and O–H groups in total. The summed E-state index contributed by atoms with van der Waals surface area (Å²) in [5, 5.41) is 7.81. The van der Waals surface area contributed by atoms with Gasteiger partial charge >= 0.3 is 6.18 Å². The molecule has 0 saturated heterocycles. The molecule has 0 saturated carbocycles. The van der Waals surface area contributed by atoms with E-state index in [1.807, 2.05) is 38.2 Å². The molecule has 2 rings (SSSR count). The minimum atomic E-state index is -4.35. The van der Waals surface area contributed by atoms with Crippen LogP contribution in [-0.2, 0) is 12.6 Å². The average molecular weight is 335 g/mol. The van der Waals surface area contributed by atoms with E-state index < -0.39 is 11.7 Å². The number of ether oxygens (including phenoxy) is 1. The van der Waals surface area contributed by atoms with Crippen molar-refractivity contribution in [3.8, 4) is 5.75 Å². The lowest BCUT2D eigenvalue weighted by molar-refractivity contribution is -0.137. The summed E-state index contributed by atoms with van der Waals surface area (Å²) in [6.07, 6.45) is 3.08. The molecule has 0 aromatic heterocycles. The van der Waals surface area contributed by atoms with Gasteiger partial charge in [-0.25, -0.2) is 0 Å². The molecule has 1 aliphatic rings. The average Bonchev–Trinajstić information content (AvgIpc) is 2.92. The van der Waals surface area contributed by atoms with Crippen LogP contribution in [0, 0.1) is 5.41 Å². The van der Waals surface area contributed by atoms with Gasteiger partial charge in [-0.05, 0) is 61.8 Å². The number of hydrogen-bond acceptors (Lipinski definition) is 2. The van der Waals surface area contributed by atoms with Gasteiger partial charge in [-0.2, -0.15) is 13.2 Å². The van der Waals surface area contributed by atoms with Crippen LogP contribution in [-0.4, -0.2) is 11.8 Å². The van der Waals surface area contributed by atoms with Crippen molar-refractivity contribution < 1.29 is 17.9 Å². The number of alkyl halides is 3. The van der Waals surface area contributed by atoms with Crippen molar-refractivity contribution in [3.05, 3.63) is 64.8 Å². The van der Waals surface area contributed by atoms with E-state index >= 15 is 0 Å². The number of hydrogen-bond donors (Lipinski definition) is 1. The Bertz CT molecular complexity index is 727. The quantitative estimate of drug-likeness (QED) is 0.572. The minimum Gasteiger partial charge on any atom is -0.485 e. The fourth-order valence-corrected chi connectivity index (χ4v) is 2.61. The maximum Gasteiger partial charge on any atom is 0.416 e. The number of halogens is 3. The van der Waals surface area contributed by atoms with Gasteiger partial charge in [0.2, 0.25) is 0 Å². The van der Waals surface area contributed by atoms with Crippen molar-refractivity contribution in [2.45, 2.75) is 39.5 Å². The highest BCUT2D eigenvalue weighted by molar-refractivity contribution is 5.98. The third kappa shape index (κ3) is 3.96. The first kappa shape index (κ1) is 18.0. The van der Waals surface area contributed by atoms with E-state index in [9.17, 15) is 13.2 Å². The molecule has 128 valence electrons. The Morgan fingerprint density at radius 1 is 1.29 bits per heavy atom. The smallest absolute Gasteiger partial charge is 0.416 e. The zero-order chi connectivity index (χ0) is 17.9. The molecule has 0 amide bonds. The Hall–Kier alpha value is -2.30. The second-order valence-corrected chi connectivity index (χ2v) is 5.64. The van der Waals surface area contributed by atoms with Gasteiger partial charge in [0.15, 0.2) is 0 Å². The van der Waals surface area contributed by atoms with Crippen LogP contribution in [0.2, 0.25) is 0 Å². The summed E-state index contributed by atoms with van der Waals surface area (Å²) in [6.45, 7) is 5.41. The molecule has 1 unspecified atom stereocenters. The lowest BCUT2D eigenvalue weighted by Crippen LogP contribution is -2.15. The largest absolute Gasteiger partial charge is 0.485 e. The summed E-state index contributed by atoms with van der Waals surface area (Å²) < 4.78 is 44.3. The zero-order valence-corrected chi connectivity index (χ0v) is 13.9. The standard InChI is InChI=1S/C19H20F3NO/c1-4-6-14(12(3)23)9-13(5-2)18-11-15-10-16(19(20,21)22)7-8-17(15)24-18/h4-10,18,23H,11H2,1-3H3/b6-4-,13-5+,14-9+,23-12?. The molecule has 0 aliphatic carbocycles. The van der Waals surface area contributed by atoms with Gasteiger partial charge in [-0.1, -0.05) is 18.2 Å². The van der Waals surface area contributed by atoms with E-state index in [4.69, 9.17) is 10.1 Å². The van der Waals surface area contributed by atoms with Crippen molar-refractivity contribution in [2.75, 3.05) is 0 Å². The maximum absolute atomic E-state index is 12.8. The molecule has 24 heavy (non-hydrogen) atoms. The SMILES string of the molecule is C\C=C/C(=C\C(=C/C)C1Cc2cc(C(F)(F)F)ccc2O1)C(C)=N. The van der Waals surface area contributed by atoms with Crippen molar-refractivity contribution in [2.24, 2.45) is 0 Å². The predicted molar refractivity (Wildman–Crippen MR) is 89.6 cm³/mol. The van der Waals surface area contributed by atoms with Gasteiger partial charge in [-0.3, -0.25) is 0 Å². The van der Waals surface area contributed by atoms with E-state index in [1.54, 1.807) is 6.92 Å². The lowest BCUT2D eigenvalue weighted by atomic mass is 9.98. The van der Waals surface area contributed by atoms with Gasteiger partial charge in [0, 0.05) is 12.1 Å². The van der Waals surface area contributed by atoms with E-state index in [1.165, 1.54) is 6.07 Å². The van der Waals surface area contributed by atoms with E-state index in [0.717, 1.165) is 23.3 Å². The predicted octanol–water partition coefficient (Wildman–Crippen LogP) is 5.50. The zero-order valence-electron chi connectivity index (χ0n) is 13.9. The van der Waals surface area contributed by atoms with E-state index in [-0.39, 0.29) is 6.10 Å². The number of nitrogens with one attached hydrogen (secondary N) is 1. The van der Waals surface area contributed by atoms with Crippen LogP contribution < -0.4 is 4.74 Å². The molecular formula is C19H20F3NO. The molecule has 2 nitrogen and oxygen atoms in total. The molecular weight excluding hydrogens is 315 g/mol. The first-order chi connectivity index (χ1) is 11.3. The molecule has 0 spiro atoms. The van der Waals surface area contributed by atoms with Gasteiger partial charge in [-0.15, -0.1) is 0 Å². The Kier molecular flexibility index (Phi) is 5.32. The molecule has 0 fully saturated rings. The van der Waals surface area contributed by atoms with Crippen LogP contribution in [0.1, 0.15) is 31.9 Å². The number of rotatable bonds is 4. The molecule has 0 bridgehead atoms. The van der Waals surface area contributed by atoms with Crippen LogP contribution in [0.25, 0.3) is 0 Å². The Morgan fingerprint density at radius 3 is 2.54 bits per heavy atom. The molecule has 1 aromatic carbocycles. The first-order valence-corrected chi connectivity index (χ1v) is 7.69. The lowest BCUT2D eigenvalue weighted by Gasteiger charge is -2.13. The van der Waals surface area contributed by atoms with E-state index in [2.05, 4.69) is 0 Å². The number of fused-ring (bicyclic) bond motifs is 1. The number of benzene rings is 1. The maximum atomic E-state index is 12.8. The third-order valence-corrected chi connectivity index (χ3v) is 3.87. The summed E-state index contributed by atoms with van der Waals surface area (Å²) >= 11 is 0. The molecule has 1 heterocycles. The van der Waals surface area contributed by atoms with Crippen LogP contribution >= 0.6 is 0 Å². The summed E-state index contributed by atoms with van der Waals surface area (Å²) in [6, 6.07) is 3.57. The van der Waals surface area contributed by atoms with Crippen molar-refractivity contribution in [3.63, 3.8) is 0 Å². The van der Waals surface area contributed by atoms with Gasteiger partial charge < -0.3 is 10.1 Å². The van der Waals surface area contributed by atoms with Crippen molar-refractivity contribution in [1.82, 2.24) is 0 Å². The second kappa shape index (κ2) is 7.07. The fraction of sp³-hybridized carbons (Fsp3) is 0.316. The molecule has 1 aromatic rings. The summed E-state index contributed by atoms with van der Waals surface area (Å²) in [7, 11) is 0. The van der Waals surface area contributed by atoms with Gasteiger partial charge in [0.05, 0.1) is 5.56 Å². The third-order valence-electron chi connectivity index (χ3n) is 3.87. The fourth-order valence-electron chi connectivity index (χ4n) is 2.61. The summed E-state index contributed by atoms with van der Waals surface area (Å²) in [5.41, 5.74) is 1.91. The Balaban J connectivity index is 2.28. The van der Waals surface area contributed by atoms with Crippen LogP contribution in [0.3, 0.4) is 0 Å². The summed E-state index contributed by atoms with van der Waals surface area (Å²) in [5.74, 6) is 0.486. The highest BCUT2D eigenvalue weighted by atomic mass is 19.4. The van der Waals surface area contributed by atoms with Crippen LogP contribution in [0.15, 0.2) is 53.6 Å². The highest BCUT2D eigenvalue weighted by Crippen LogP contribution is 2.37. The molecule has 5 heteroatoms. The topological polar surface area (TPSA) is 33.1 Å². The minimum absolute atomic E-state index is 0.340. The Labute approximate surface area is 139 Å². The summed E-state index contributed by atoms with van der Waals surface area (Å²) in [4.78, 5) is 0. The first-order valence-electron chi connectivity index (χ1n) is 7.69. The number of allylic oxidation sites excluding steroid dienone is 4. The molecule has 0 radical (unpaired) electrons. The monoisotopic (exact) mass is 335 g/mol. The normalized spacial score (nSPS) is 18.7. The van der Waals surface area contributed by atoms with Crippen LogP contribution in [0.4, 0.5) is 13.2 Å².